The molecule has 5 nitrogen and oxygen atoms in total. The lowest BCUT2D eigenvalue weighted by Crippen LogP contribution is -2.32. The standard InChI is InChI=1S/C19H22BrNO4S/c1-19(2,3)25-18(22)21-12-15-6-5-14(11-17(15)20)13-7-9-16(10-8-13)26(4,23)24/h5-11H,12H2,1-4H3,(H,21,22). The summed E-state index contributed by atoms with van der Waals surface area (Å²) in [6.45, 7) is 5.77. The zero-order valence-corrected chi connectivity index (χ0v) is 17.6. The number of nitrogens with one attached hydrogen (secondary N) is 1. The van der Waals surface area contributed by atoms with Crippen LogP contribution in [0, 0.1) is 0 Å². The first kappa shape index (κ1) is 20.5. The molecule has 0 spiro atoms. The molecule has 0 aliphatic heterocycles. The van der Waals surface area contributed by atoms with Gasteiger partial charge in [-0.2, -0.15) is 0 Å². The maximum Gasteiger partial charge on any atom is 0.407 e. The van der Waals surface area contributed by atoms with Crippen molar-refractivity contribution in [2.24, 2.45) is 0 Å². The maximum absolute atomic E-state index is 11.7. The molecule has 0 radical (unpaired) electrons. The third-order valence-corrected chi connectivity index (χ3v) is 5.36. The van der Waals surface area contributed by atoms with Crippen LogP contribution in [0.1, 0.15) is 26.3 Å². The highest BCUT2D eigenvalue weighted by Crippen LogP contribution is 2.27. The third-order valence-electron chi connectivity index (χ3n) is 3.49. The molecule has 0 saturated heterocycles. The van der Waals surface area contributed by atoms with Crippen LogP contribution in [0.15, 0.2) is 51.8 Å². The number of sulfone groups is 1. The number of hydrogen-bond donors (Lipinski definition) is 1. The van der Waals surface area contributed by atoms with E-state index in [-0.39, 0.29) is 0 Å². The fourth-order valence-electron chi connectivity index (χ4n) is 2.25. The lowest BCUT2D eigenvalue weighted by Gasteiger charge is -2.20. The monoisotopic (exact) mass is 439 g/mol. The van der Waals surface area contributed by atoms with Gasteiger partial charge >= 0.3 is 6.09 Å². The van der Waals surface area contributed by atoms with Crippen LogP contribution in [0.4, 0.5) is 4.79 Å². The minimum Gasteiger partial charge on any atom is -0.444 e. The molecule has 26 heavy (non-hydrogen) atoms. The molecule has 1 amide bonds. The predicted octanol–water partition coefficient (Wildman–Crippen LogP) is 4.54. The molecule has 0 unspecified atom stereocenters. The Balaban J connectivity index is 2.11. The van der Waals surface area contributed by atoms with Gasteiger partial charge in [0.05, 0.1) is 4.90 Å². The number of hydrogen-bond acceptors (Lipinski definition) is 4. The Morgan fingerprint density at radius 3 is 2.15 bits per heavy atom. The van der Waals surface area contributed by atoms with Gasteiger partial charge in [0.1, 0.15) is 5.60 Å². The number of ether oxygens (including phenoxy) is 1. The highest BCUT2D eigenvalue weighted by molar-refractivity contribution is 9.10. The van der Waals surface area contributed by atoms with Gasteiger partial charge in [-0.1, -0.05) is 40.2 Å². The van der Waals surface area contributed by atoms with E-state index in [2.05, 4.69) is 21.2 Å². The highest BCUT2D eigenvalue weighted by Gasteiger charge is 2.16. The normalized spacial score (nSPS) is 11.9. The molecule has 0 bridgehead atoms. The maximum atomic E-state index is 11.7. The van der Waals surface area contributed by atoms with Gasteiger partial charge in [-0.15, -0.1) is 0 Å². The topological polar surface area (TPSA) is 72.5 Å². The second-order valence-electron chi connectivity index (χ2n) is 6.96. The van der Waals surface area contributed by atoms with E-state index < -0.39 is 21.5 Å². The van der Waals surface area contributed by atoms with Crippen LogP contribution in [0.2, 0.25) is 0 Å². The van der Waals surface area contributed by atoms with Crippen LogP contribution >= 0.6 is 15.9 Å². The molecule has 0 atom stereocenters. The summed E-state index contributed by atoms with van der Waals surface area (Å²) < 4.78 is 29.1. The summed E-state index contributed by atoms with van der Waals surface area (Å²) in [5.41, 5.74) is 2.22. The van der Waals surface area contributed by atoms with E-state index in [4.69, 9.17) is 4.74 Å². The Morgan fingerprint density at radius 1 is 1.08 bits per heavy atom. The first-order valence-electron chi connectivity index (χ1n) is 8.01. The van der Waals surface area contributed by atoms with Crippen molar-refractivity contribution in [2.45, 2.75) is 37.8 Å². The van der Waals surface area contributed by atoms with Crippen molar-refractivity contribution in [1.29, 1.82) is 0 Å². The highest BCUT2D eigenvalue weighted by atomic mass is 79.9. The molecule has 7 heteroatoms. The molecule has 2 rings (SSSR count). The minimum absolute atomic E-state index is 0.290. The fourth-order valence-corrected chi connectivity index (χ4v) is 3.40. The lowest BCUT2D eigenvalue weighted by atomic mass is 10.0. The molecule has 0 fully saturated rings. The number of halogens is 1. The van der Waals surface area contributed by atoms with Crippen LogP contribution in [0.25, 0.3) is 11.1 Å². The minimum atomic E-state index is -3.21. The first-order chi connectivity index (χ1) is 12.0. The van der Waals surface area contributed by atoms with Crippen molar-refractivity contribution in [1.82, 2.24) is 5.32 Å². The van der Waals surface area contributed by atoms with E-state index in [9.17, 15) is 13.2 Å². The Labute approximate surface area is 162 Å². The van der Waals surface area contributed by atoms with Crippen molar-refractivity contribution in [3.05, 3.63) is 52.5 Å². The summed E-state index contributed by atoms with van der Waals surface area (Å²) >= 11 is 3.51. The summed E-state index contributed by atoms with van der Waals surface area (Å²) in [5, 5.41) is 2.72. The summed E-state index contributed by atoms with van der Waals surface area (Å²) in [6.07, 6.45) is 0.718. The zero-order chi connectivity index (χ0) is 19.5. The average molecular weight is 440 g/mol. The molecular weight excluding hydrogens is 418 g/mol. The van der Waals surface area contributed by atoms with E-state index in [0.29, 0.717) is 11.4 Å². The Hall–Kier alpha value is -1.86. The molecule has 0 saturated carbocycles. The summed E-state index contributed by atoms with van der Waals surface area (Å²) in [5.74, 6) is 0. The van der Waals surface area contributed by atoms with Gasteiger partial charge in [0.15, 0.2) is 9.84 Å². The van der Waals surface area contributed by atoms with Gasteiger partial charge in [-0.3, -0.25) is 0 Å². The van der Waals surface area contributed by atoms with E-state index in [1.165, 1.54) is 6.26 Å². The van der Waals surface area contributed by atoms with Crippen molar-refractivity contribution in [3.63, 3.8) is 0 Å². The van der Waals surface area contributed by atoms with Crippen molar-refractivity contribution in [3.8, 4) is 11.1 Å². The largest absolute Gasteiger partial charge is 0.444 e. The number of rotatable bonds is 4. The van der Waals surface area contributed by atoms with Crippen LogP contribution in [0.3, 0.4) is 0 Å². The smallest absolute Gasteiger partial charge is 0.407 e. The molecule has 2 aromatic rings. The Kier molecular flexibility index (Phi) is 6.13. The molecule has 0 aliphatic rings. The number of alkyl carbamates (subject to hydrolysis) is 1. The van der Waals surface area contributed by atoms with Gasteiger partial charge in [0.2, 0.25) is 0 Å². The average Bonchev–Trinajstić information content (AvgIpc) is 2.51. The number of benzene rings is 2. The van der Waals surface area contributed by atoms with Crippen LogP contribution in [-0.2, 0) is 21.1 Å². The van der Waals surface area contributed by atoms with Crippen LogP contribution in [0.5, 0.6) is 0 Å². The van der Waals surface area contributed by atoms with E-state index >= 15 is 0 Å². The third kappa shape index (κ3) is 5.85. The molecular formula is C19H22BrNO4S. The molecule has 0 aromatic heterocycles. The quantitative estimate of drug-likeness (QED) is 0.758. The number of carbonyl (C=O) groups excluding carboxylic acids is 1. The van der Waals surface area contributed by atoms with Gasteiger partial charge < -0.3 is 10.1 Å². The molecule has 2 aromatic carbocycles. The zero-order valence-electron chi connectivity index (χ0n) is 15.2. The SMILES string of the molecule is CC(C)(C)OC(=O)NCc1ccc(-c2ccc(S(C)(=O)=O)cc2)cc1Br. The molecule has 140 valence electrons. The molecule has 0 heterocycles. The van der Waals surface area contributed by atoms with Gasteiger partial charge in [-0.05, 0) is 55.7 Å². The second-order valence-corrected chi connectivity index (χ2v) is 9.83. The summed E-state index contributed by atoms with van der Waals surface area (Å²) in [7, 11) is -3.21. The van der Waals surface area contributed by atoms with E-state index in [0.717, 1.165) is 21.2 Å². The van der Waals surface area contributed by atoms with Crippen molar-refractivity contribution >= 4 is 31.9 Å². The molecule has 1 N–H and O–H groups in total. The second kappa shape index (κ2) is 7.80. The van der Waals surface area contributed by atoms with Crippen molar-refractivity contribution < 1.29 is 17.9 Å². The lowest BCUT2D eigenvalue weighted by molar-refractivity contribution is 0.0523. The summed E-state index contributed by atoms with van der Waals surface area (Å²) in [4.78, 5) is 12.0. The first-order valence-corrected chi connectivity index (χ1v) is 10.7. The predicted molar refractivity (Wildman–Crippen MR) is 106 cm³/mol. The summed E-state index contributed by atoms with van der Waals surface area (Å²) in [6, 6.07) is 12.5. The van der Waals surface area contributed by atoms with E-state index in [1.807, 2.05) is 39.0 Å². The van der Waals surface area contributed by atoms with Gasteiger partial charge in [0, 0.05) is 17.3 Å². The number of amides is 1. The Bertz CT molecular complexity index is 900. The van der Waals surface area contributed by atoms with E-state index in [1.54, 1.807) is 24.3 Å². The van der Waals surface area contributed by atoms with Gasteiger partial charge in [-0.25, -0.2) is 13.2 Å². The van der Waals surface area contributed by atoms with Crippen LogP contribution < -0.4 is 5.32 Å². The van der Waals surface area contributed by atoms with Gasteiger partial charge in [0.25, 0.3) is 0 Å². The van der Waals surface area contributed by atoms with Crippen molar-refractivity contribution in [2.75, 3.05) is 6.26 Å². The van der Waals surface area contributed by atoms with Crippen LogP contribution in [-0.4, -0.2) is 26.4 Å². The fraction of sp³-hybridized carbons (Fsp3) is 0.316. The number of carbonyl (C=O) groups is 1. The molecule has 0 aliphatic carbocycles. The Morgan fingerprint density at radius 2 is 1.65 bits per heavy atom.